The molecule has 0 amide bonds. The Kier molecular flexibility index (Phi) is 4.54. The van der Waals surface area contributed by atoms with Gasteiger partial charge in [-0.25, -0.2) is 0 Å². The van der Waals surface area contributed by atoms with E-state index >= 15 is 0 Å². The van der Waals surface area contributed by atoms with Crippen LogP contribution in [0.4, 0.5) is 0 Å². The van der Waals surface area contributed by atoms with Crippen molar-refractivity contribution >= 4 is 12.4 Å². The summed E-state index contributed by atoms with van der Waals surface area (Å²) in [4.78, 5) is 2.31. The average molecular weight is 228 g/mol. The van der Waals surface area contributed by atoms with E-state index in [0.717, 1.165) is 19.6 Å². The number of nitrogens with two attached hydrogens (primary N) is 2. The van der Waals surface area contributed by atoms with Crippen molar-refractivity contribution in [3.8, 4) is 0 Å². The first-order valence-electron chi connectivity index (χ1n) is 5.03. The van der Waals surface area contributed by atoms with Crippen molar-refractivity contribution < 1.29 is 0 Å². The van der Waals surface area contributed by atoms with Crippen LogP contribution < -0.4 is 11.5 Å². The largest absolute Gasteiger partial charge is 0.325 e. The minimum absolute atomic E-state index is 0. The maximum atomic E-state index is 5.86. The highest BCUT2D eigenvalue weighted by molar-refractivity contribution is 5.85. The average Bonchev–Trinajstić information content (AvgIpc) is 2.47. The van der Waals surface area contributed by atoms with Gasteiger partial charge in [0, 0.05) is 31.7 Å². The molecule has 0 aliphatic carbocycles. The Bertz CT molecular complexity index is 281. The Balaban J connectivity index is 0.00000112. The van der Waals surface area contributed by atoms with E-state index in [9.17, 15) is 0 Å². The van der Waals surface area contributed by atoms with Crippen molar-refractivity contribution in [1.29, 1.82) is 0 Å². The van der Waals surface area contributed by atoms with E-state index in [-0.39, 0.29) is 24.5 Å². The van der Waals surface area contributed by atoms with Crippen molar-refractivity contribution in [3.05, 3.63) is 35.9 Å². The first-order chi connectivity index (χ1) is 6.75. The van der Waals surface area contributed by atoms with E-state index in [4.69, 9.17) is 11.5 Å². The Hall–Kier alpha value is -0.610. The van der Waals surface area contributed by atoms with Gasteiger partial charge in [0.05, 0.1) is 0 Å². The first-order valence-corrected chi connectivity index (χ1v) is 5.03. The molecule has 2 atom stereocenters. The van der Waals surface area contributed by atoms with Crippen LogP contribution in [0, 0.1) is 0 Å². The highest BCUT2D eigenvalue weighted by atomic mass is 35.5. The molecule has 1 fully saturated rings. The van der Waals surface area contributed by atoms with Gasteiger partial charge in [-0.1, -0.05) is 30.3 Å². The van der Waals surface area contributed by atoms with Crippen LogP contribution in [-0.2, 0) is 6.54 Å². The third kappa shape index (κ3) is 3.18. The van der Waals surface area contributed by atoms with Crippen LogP contribution in [-0.4, -0.2) is 30.1 Å². The van der Waals surface area contributed by atoms with E-state index in [0.29, 0.717) is 0 Å². The molecule has 1 aliphatic rings. The first kappa shape index (κ1) is 12.5. The third-order valence-electron chi connectivity index (χ3n) is 2.74. The minimum atomic E-state index is 0. The molecule has 1 aliphatic heterocycles. The highest BCUT2D eigenvalue weighted by Gasteiger charge is 2.26. The lowest BCUT2D eigenvalue weighted by Gasteiger charge is -2.14. The molecule has 0 spiro atoms. The van der Waals surface area contributed by atoms with Gasteiger partial charge in [-0.05, 0) is 5.56 Å². The second-order valence-electron chi connectivity index (χ2n) is 4.01. The van der Waals surface area contributed by atoms with Crippen molar-refractivity contribution in [2.75, 3.05) is 13.1 Å². The molecule has 0 unspecified atom stereocenters. The summed E-state index contributed by atoms with van der Waals surface area (Å²) in [7, 11) is 0. The molecule has 3 nitrogen and oxygen atoms in total. The quantitative estimate of drug-likeness (QED) is 0.777. The standard InChI is InChI=1S/C11H17N3.ClH/c12-10-7-14(8-11(10)13)6-9-4-2-1-3-5-9;/h1-5,10-11H,6-8,12-13H2;1H/t10-,11-;/m0./s1. The number of hydrogen-bond acceptors (Lipinski definition) is 3. The summed E-state index contributed by atoms with van der Waals surface area (Å²) in [6.45, 7) is 2.79. The Morgan fingerprint density at radius 3 is 2.13 bits per heavy atom. The van der Waals surface area contributed by atoms with Gasteiger partial charge in [0.2, 0.25) is 0 Å². The summed E-state index contributed by atoms with van der Waals surface area (Å²) in [5, 5.41) is 0. The molecule has 1 aromatic carbocycles. The van der Waals surface area contributed by atoms with Gasteiger partial charge in [-0.2, -0.15) is 0 Å². The molecular formula is C11H18ClN3. The van der Waals surface area contributed by atoms with E-state index in [1.807, 2.05) is 6.07 Å². The number of rotatable bonds is 2. The molecule has 2 rings (SSSR count). The van der Waals surface area contributed by atoms with Crippen LogP contribution in [0.2, 0.25) is 0 Å². The summed E-state index contributed by atoms with van der Waals surface area (Å²) >= 11 is 0. The van der Waals surface area contributed by atoms with Crippen molar-refractivity contribution in [1.82, 2.24) is 4.90 Å². The smallest absolute Gasteiger partial charge is 0.0334 e. The summed E-state index contributed by atoms with van der Waals surface area (Å²) in [5.41, 5.74) is 13.0. The molecular weight excluding hydrogens is 210 g/mol. The highest BCUT2D eigenvalue weighted by Crippen LogP contribution is 2.11. The summed E-state index contributed by atoms with van der Waals surface area (Å²) < 4.78 is 0. The predicted molar refractivity (Wildman–Crippen MR) is 64.9 cm³/mol. The van der Waals surface area contributed by atoms with Crippen LogP contribution in [0.15, 0.2) is 30.3 Å². The number of likely N-dealkylation sites (tertiary alicyclic amines) is 1. The molecule has 0 bridgehead atoms. The van der Waals surface area contributed by atoms with Crippen molar-refractivity contribution in [2.24, 2.45) is 11.5 Å². The Morgan fingerprint density at radius 1 is 1.07 bits per heavy atom. The zero-order valence-electron chi connectivity index (χ0n) is 8.67. The van der Waals surface area contributed by atoms with Gasteiger partial charge in [0.1, 0.15) is 0 Å². The van der Waals surface area contributed by atoms with Gasteiger partial charge in [-0.15, -0.1) is 12.4 Å². The van der Waals surface area contributed by atoms with E-state index < -0.39 is 0 Å². The van der Waals surface area contributed by atoms with Crippen molar-refractivity contribution in [3.63, 3.8) is 0 Å². The van der Waals surface area contributed by atoms with Crippen LogP contribution in [0.3, 0.4) is 0 Å². The van der Waals surface area contributed by atoms with Gasteiger partial charge in [0.25, 0.3) is 0 Å². The number of nitrogens with zero attached hydrogens (tertiary/aromatic N) is 1. The monoisotopic (exact) mass is 227 g/mol. The van der Waals surface area contributed by atoms with Gasteiger partial charge in [-0.3, -0.25) is 4.90 Å². The SMILES string of the molecule is Cl.N[C@H]1CN(Cc2ccccc2)C[C@@H]1N. The van der Waals surface area contributed by atoms with E-state index in [2.05, 4.69) is 29.2 Å². The molecule has 1 saturated heterocycles. The summed E-state index contributed by atoms with van der Waals surface area (Å²) in [6.07, 6.45) is 0. The number of benzene rings is 1. The van der Waals surface area contributed by atoms with E-state index in [1.54, 1.807) is 0 Å². The lowest BCUT2D eigenvalue weighted by molar-refractivity contribution is 0.324. The zero-order valence-corrected chi connectivity index (χ0v) is 9.49. The van der Waals surface area contributed by atoms with Crippen LogP contribution >= 0.6 is 12.4 Å². The third-order valence-corrected chi connectivity index (χ3v) is 2.74. The molecule has 1 aromatic rings. The molecule has 4 heteroatoms. The number of hydrogen-bond donors (Lipinski definition) is 2. The fraction of sp³-hybridized carbons (Fsp3) is 0.455. The topological polar surface area (TPSA) is 55.3 Å². The normalized spacial score (nSPS) is 26.3. The maximum Gasteiger partial charge on any atom is 0.0334 e. The molecule has 0 aromatic heterocycles. The lowest BCUT2D eigenvalue weighted by atomic mass is 10.2. The lowest BCUT2D eigenvalue weighted by Crippen LogP contribution is -2.39. The molecule has 1 heterocycles. The van der Waals surface area contributed by atoms with Crippen molar-refractivity contribution in [2.45, 2.75) is 18.6 Å². The number of halogens is 1. The van der Waals surface area contributed by atoms with Crippen LogP contribution in [0.25, 0.3) is 0 Å². The summed E-state index contributed by atoms with van der Waals surface area (Å²) in [5.74, 6) is 0. The van der Waals surface area contributed by atoms with Crippen LogP contribution in [0.1, 0.15) is 5.56 Å². The fourth-order valence-electron chi connectivity index (χ4n) is 1.91. The molecule has 4 N–H and O–H groups in total. The van der Waals surface area contributed by atoms with Crippen LogP contribution in [0.5, 0.6) is 0 Å². The van der Waals surface area contributed by atoms with Gasteiger partial charge >= 0.3 is 0 Å². The molecule has 0 saturated carbocycles. The summed E-state index contributed by atoms with van der Waals surface area (Å²) in [6, 6.07) is 10.7. The second kappa shape index (κ2) is 5.47. The van der Waals surface area contributed by atoms with E-state index in [1.165, 1.54) is 5.56 Å². The minimum Gasteiger partial charge on any atom is -0.325 e. The predicted octanol–water partition coefficient (Wildman–Crippen LogP) is 0.579. The van der Waals surface area contributed by atoms with Gasteiger partial charge in [0.15, 0.2) is 0 Å². The Morgan fingerprint density at radius 2 is 1.60 bits per heavy atom. The zero-order chi connectivity index (χ0) is 9.97. The van der Waals surface area contributed by atoms with Gasteiger partial charge < -0.3 is 11.5 Å². The maximum absolute atomic E-state index is 5.86. The molecule has 84 valence electrons. The molecule has 0 radical (unpaired) electrons. The fourth-order valence-corrected chi connectivity index (χ4v) is 1.91. The second-order valence-corrected chi connectivity index (χ2v) is 4.01. The molecule has 15 heavy (non-hydrogen) atoms. The Labute approximate surface area is 96.8 Å².